The minimum absolute atomic E-state index is 0.0455. The molecule has 0 saturated carbocycles. The topological polar surface area (TPSA) is 84.4 Å². The monoisotopic (exact) mass is 322 g/mol. The van der Waals surface area contributed by atoms with E-state index in [1.807, 2.05) is 38.1 Å². The Morgan fingerprint density at radius 1 is 1.29 bits per heavy atom. The van der Waals surface area contributed by atoms with Gasteiger partial charge in [0.2, 0.25) is 0 Å². The third-order valence-corrected chi connectivity index (χ3v) is 4.36. The molecule has 0 aliphatic rings. The van der Waals surface area contributed by atoms with Crippen LogP contribution in [0, 0.1) is 13.8 Å². The zero-order chi connectivity index (χ0) is 15.4. The highest BCUT2D eigenvalue weighted by molar-refractivity contribution is 7.98. The van der Waals surface area contributed by atoms with Gasteiger partial charge in [-0.05, 0) is 37.1 Å². The molecule has 0 atom stereocenters. The molecule has 0 saturated heterocycles. The number of halogens is 1. The Hall–Kier alpha value is -1.79. The van der Waals surface area contributed by atoms with Gasteiger partial charge < -0.3 is 10.9 Å². The van der Waals surface area contributed by atoms with Crippen molar-refractivity contribution >= 4 is 29.2 Å². The van der Waals surface area contributed by atoms with E-state index in [1.165, 1.54) is 11.8 Å². The van der Waals surface area contributed by atoms with Gasteiger partial charge in [0.05, 0.1) is 11.3 Å². The smallest absolute Gasteiger partial charge is 0.173 e. The molecular weight excluding hydrogens is 308 g/mol. The number of hydrogen-bond donors (Lipinski definition) is 2. The van der Waals surface area contributed by atoms with Crippen molar-refractivity contribution in [3.63, 3.8) is 0 Å². The highest BCUT2D eigenvalue weighted by Crippen LogP contribution is 2.27. The highest BCUT2D eigenvalue weighted by atomic mass is 35.5. The maximum absolute atomic E-state index is 8.93. The quantitative estimate of drug-likeness (QED) is 0.297. The van der Waals surface area contributed by atoms with Gasteiger partial charge >= 0.3 is 0 Å². The van der Waals surface area contributed by atoms with E-state index in [0.717, 1.165) is 16.8 Å². The van der Waals surface area contributed by atoms with Crippen molar-refractivity contribution in [3.8, 4) is 0 Å². The molecular formula is C14H15ClN4OS. The first kappa shape index (κ1) is 15.6. The van der Waals surface area contributed by atoms with Crippen molar-refractivity contribution in [2.24, 2.45) is 10.9 Å². The van der Waals surface area contributed by atoms with Gasteiger partial charge in [-0.15, -0.1) is 5.10 Å². The third-order valence-electron chi connectivity index (χ3n) is 3.08. The van der Waals surface area contributed by atoms with Crippen LogP contribution in [0.1, 0.15) is 22.4 Å². The summed E-state index contributed by atoms with van der Waals surface area (Å²) < 4.78 is 0. The van der Waals surface area contributed by atoms with Crippen molar-refractivity contribution in [3.05, 3.63) is 51.7 Å². The van der Waals surface area contributed by atoms with Crippen LogP contribution < -0.4 is 5.73 Å². The van der Waals surface area contributed by atoms with E-state index in [9.17, 15) is 0 Å². The molecule has 1 aromatic heterocycles. The number of thioether (sulfide) groups is 1. The van der Waals surface area contributed by atoms with Crippen LogP contribution in [0.25, 0.3) is 0 Å². The number of nitrogens with zero attached hydrogens (tertiary/aromatic N) is 3. The Balaban J connectivity index is 2.27. The van der Waals surface area contributed by atoms with Crippen LogP contribution in [0.3, 0.4) is 0 Å². The number of hydrogen-bond acceptors (Lipinski definition) is 5. The first-order chi connectivity index (χ1) is 10.0. The predicted molar refractivity (Wildman–Crippen MR) is 85.0 cm³/mol. The van der Waals surface area contributed by atoms with Crippen LogP contribution in [0.2, 0.25) is 5.02 Å². The van der Waals surface area contributed by atoms with E-state index in [-0.39, 0.29) is 5.84 Å². The van der Waals surface area contributed by atoms with Gasteiger partial charge in [0.15, 0.2) is 5.84 Å². The second kappa shape index (κ2) is 6.78. The average molecular weight is 323 g/mol. The van der Waals surface area contributed by atoms with Crippen LogP contribution in [0.15, 0.2) is 34.4 Å². The number of nitrogens with two attached hydrogens (primary N) is 1. The van der Waals surface area contributed by atoms with Gasteiger partial charge in [0, 0.05) is 10.8 Å². The molecule has 0 aliphatic heterocycles. The predicted octanol–water partition coefficient (Wildman–Crippen LogP) is 3.13. The Kier molecular flexibility index (Phi) is 5.03. The molecule has 3 N–H and O–H groups in total. The average Bonchev–Trinajstić information content (AvgIpc) is 2.49. The molecule has 0 fully saturated rings. The molecule has 5 nitrogen and oxygen atoms in total. The normalized spacial score (nSPS) is 11.7. The van der Waals surface area contributed by atoms with Crippen LogP contribution in [-0.2, 0) is 5.75 Å². The molecule has 0 spiro atoms. The standard InChI is InChI=1S/C14H15ClN4OS/c1-8-9(2)17-18-14(12(8)13(16)19-20)21-7-10-3-5-11(15)6-4-10/h3-6,20H,7H2,1-2H3,(H2,16,19). The van der Waals surface area contributed by atoms with Crippen molar-refractivity contribution in [2.75, 3.05) is 0 Å². The SMILES string of the molecule is Cc1nnc(SCc2ccc(Cl)cc2)c(/C(N)=N/O)c1C. The van der Waals surface area contributed by atoms with Gasteiger partial charge in [-0.2, -0.15) is 5.10 Å². The molecule has 2 rings (SSSR count). The lowest BCUT2D eigenvalue weighted by Gasteiger charge is -2.11. The number of aryl methyl sites for hydroxylation is 1. The zero-order valence-electron chi connectivity index (χ0n) is 11.7. The van der Waals surface area contributed by atoms with Gasteiger partial charge in [-0.25, -0.2) is 0 Å². The van der Waals surface area contributed by atoms with E-state index in [4.69, 9.17) is 22.5 Å². The second-order valence-electron chi connectivity index (χ2n) is 4.49. The van der Waals surface area contributed by atoms with Crippen molar-refractivity contribution in [1.82, 2.24) is 10.2 Å². The number of benzene rings is 1. The van der Waals surface area contributed by atoms with E-state index in [0.29, 0.717) is 21.4 Å². The first-order valence-electron chi connectivity index (χ1n) is 6.22. The number of aromatic nitrogens is 2. The molecule has 7 heteroatoms. The lowest BCUT2D eigenvalue weighted by atomic mass is 10.1. The molecule has 0 aliphatic carbocycles. The minimum Gasteiger partial charge on any atom is -0.409 e. The summed E-state index contributed by atoms with van der Waals surface area (Å²) in [4.78, 5) is 0. The van der Waals surface area contributed by atoms with E-state index >= 15 is 0 Å². The summed E-state index contributed by atoms with van der Waals surface area (Å²) in [5.41, 5.74) is 9.11. The summed E-state index contributed by atoms with van der Waals surface area (Å²) in [5.74, 6) is 0.740. The maximum Gasteiger partial charge on any atom is 0.173 e. The Morgan fingerprint density at radius 3 is 2.57 bits per heavy atom. The Labute approximate surface area is 132 Å². The molecule has 0 amide bonds. The van der Waals surface area contributed by atoms with Crippen LogP contribution in [0.5, 0.6) is 0 Å². The van der Waals surface area contributed by atoms with E-state index < -0.39 is 0 Å². The lowest BCUT2D eigenvalue weighted by molar-refractivity contribution is 0.318. The third kappa shape index (κ3) is 3.65. The van der Waals surface area contributed by atoms with Gasteiger partial charge in [-0.3, -0.25) is 0 Å². The maximum atomic E-state index is 8.93. The molecule has 0 unspecified atom stereocenters. The molecule has 1 heterocycles. The highest BCUT2D eigenvalue weighted by Gasteiger charge is 2.15. The van der Waals surface area contributed by atoms with Crippen molar-refractivity contribution in [1.29, 1.82) is 0 Å². The lowest BCUT2D eigenvalue weighted by Crippen LogP contribution is -2.18. The van der Waals surface area contributed by atoms with Crippen LogP contribution >= 0.6 is 23.4 Å². The number of oxime groups is 1. The van der Waals surface area contributed by atoms with Gasteiger partial charge in [0.25, 0.3) is 0 Å². The second-order valence-corrected chi connectivity index (χ2v) is 5.89. The summed E-state index contributed by atoms with van der Waals surface area (Å²) in [6.45, 7) is 3.72. The van der Waals surface area contributed by atoms with Crippen LogP contribution in [-0.4, -0.2) is 21.2 Å². The molecule has 1 aromatic carbocycles. The van der Waals surface area contributed by atoms with E-state index in [2.05, 4.69) is 15.4 Å². The summed E-state index contributed by atoms with van der Waals surface area (Å²) in [6, 6.07) is 7.59. The summed E-state index contributed by atoms with van der Waals surface area (Å²) in [5, 5.41) is 21.6. The fourth-order valence-corrected chi connectivity index (χ4v) is 2.89. The van der Waals surface area contributed by atoms with Crippen molar-refractivity contribution in [2.45, 2.75) is 24.6 Å². The molecule has 21 heavy (non-hydrogen) atoms. The summed E-state index contributed by atoms with van der Waals surface area (Å²) in [7, 11) is 0. The molecule has 0 radical (unpaired) electrons. The summed E-state index contributed by atoms with van der Waals surface area (Å²) in [6.07, 6.45) is 0. The Bertz CT molecular complexity index is 673. The molecule has 0 bridgehead atoms. The van der Waals surface area contributed by atoms with Crippen molar-refractivity contribution < 1.29 is 5.21 Å². The molecule has 110 valence electrons. The van der Waals surface area contributed by atoms with Gasteiger partial charge in [-0.1, -0.05) is 40.7 Å². The minimum atomic E-state index is 0.0455. The number of amidine groups is 1. The Morgan fingerprint density at radius 2 is 1.95 bits per heavy atom. The molecule has 2 aromatic rings. The largest absolute Gasteiger partial charge is 0.409 e. The number of rotatable bonds is 4. The first-order valence-corrected chi connectivity index (χ1v) is 7.58. The van der Waals surface area contributed by atoms with Crippen LogP contribution in [0.4, 0.5) is 0 Å². The van der Waals surface area contributed by atoms with Gasteiger partial charge in [0.1, 0.15) is 5.03 Å². The fourth-order valence-electron chi connectivity index (χ4n) is 1.77. The zero-order valence-corrected chi connectivity index (χ0v) is 13.2. The van der Waals surface area contributed by atoms with E-state index in [1.54, 1.807) is 0 Å². The summed E-state index contributed by atoms with van der Waals surface area (Å²) >= 11 is 7.35. The fraction of sp³-hybridized carbons (Fsp3) is 0.214.